The van der Waals surface area contributed by atoms with Crippen LogP contribution in [-0.2, 0) is 23.8 Å². The van der Waals surface area contributed by atoms with Gasteiger partial charge in [-0.05, 0) is 0 Å². The molecule has 3 rings (SSSR count). The van der Waals surface area contributed by atoms with E-state index in [-0.39, 0.29) is 48.8 Å². The molecule has 0 saturated carbocycles. The van der Waals surface area contributed by atoms with Gasteiger partial charge in [-0.2, -0.15) is 9.97 Å². The number of amides is 1. The summed E-state index contributed by atoms with van der Waals surface area (Å²) in [7, 11) is 1.46. The van der Waals surface area contributed by atoms with E-state index in [4.69, 9.17) is 18.9 Å². The lowest BCUT2D eigenvalue weighted by Gasteiger charge is -2.14. The summed E-state index contributed by atoms with van der Waals surface area (Å²) in [5.41, 5.74) is 0.845. The van der Waals surface area contributed by atoms with Crippen molar-refractivity contribution in [2.45, 2.75) is 40.2 Å². The fraction of sp³-hybridized carbons (Fsp3) is 0.611. The van der Waals surface area contributed by atoms with Crippen molar-refractivity contribution in [1.29, 1.82) is 0 Å². The quantitative estimate of drug-likeness (QED) is 0.679. The second-order valence-corrected chi connectivity index (χ2v) is 7.16. The van der Waals surface area contributed by atoms with Crippen molar-refractivity contribution in [3.63, 3.8) is 0 Å². The highest BCUT2D eigenvalue weighted by molar-refractivity contribution is 5.91. The molecule has 1 aliphatic heterocycles. The molecule has 2 aromatic heterocycles. The van der Waals surface area contributed by atoms with Gasteiger partial charge in [-0.25, -0.2) is 4.98 Å². The van der Waals surface area contributed by atoms with Crippen LogP contribution in [-0.4, -0.2) is 58.0 Å². The van der Waals surface area contributed by atoms with Gasteiger partial charge in [0, 0.05) is 5.92 Å². The number of hydrogen-bond donors (Lipinski definition) is 1. The molecule has 1 saturated heterocycles. The molecule has 1 aliphatic rings. The first-order chi connectivity index (χ1) is 13.8. The summed E-state index contributed by atoms with van der Waals surface area (Å²) in [5.74, 6) is -0.661. The van der Waals surface area contributed by atoms with E-state index < -0.39 is 12.5 Å². The molecule has 0 unspecified atom stereocenters. The predicted molar refractivity (Wildman–Crippen MR) is 101 cm³/mol. The predicted octanol–water partition coefficient (Wildman–Crippen LogP) is 1.50. The molecule has 0 aliphatic carbocycles. The third-order valence-corrected chi connectivity index (χ3v) is 4.22. The second kappa shape index (κ2) is 8.70. The Labute approximate surface area is 167 Å². The normalized spacial score (nSPS) is 19.1. The van der Waals surface area contributed by atoms with Crippen molar-refractivity contribution in [2.24, 2.45) is 11.8 Å². The Bertz CT molecular complexity index is 896. The number of aromatic nitrogens is 4. The number of esters is 1. The first kappa shape index (κ1) is 20.9. The molecule has 2 aromatic rings. The van der Waals surface area contributed by atoms with E-state index in [1.807, 2.05) is 0 Å². The number of nitrogens with one attached hydrogen (secondary N) is 1. The Morgan fingerprint density at radius 1 is 1.28 bits per heavy atom. The number of carbonyl (C=O) groups excluding carboxylic acids is 2. The molecule has 1 amide bonds. The summed E-state index contributed by atoms with van der Waals surface area (Å²) in [6, 6.07) is 0. The standard InChI is InChI=1S/C18H25N5O6/c1-9(2)15(24)21-18-20-14-13(16(22-18)26-5)19-8-23(14)11-6-27-12(29-11)7-28-17(25)10(3)4/h8-12H,6-7H2,1-5H3,(H,20,21,22,24)/t11-,12-/m1/s1. The van der Waals surface area contributed by atoms with E-state index in [1.54, 1.807) is 32.3 Å². The average Bonchev–Trinajstić information content (AvgIpc) is 3.31. The molecule has 1 fully saturated rings. The maximum atomic E-state index is 12.0. The zero-order valence-corrected chi connectivity index (χ0v) is 17.0. The van der Waals surface area contributed by atoms with Crippen LogP contribution in [0.25, 0.3) is 11.2 Å². The highest BCUT2D eigenvalue weighted by Crippen LogP contribution is 2.28. The molecular weight excluding hydrogens is 382 g/mol. The number of ether oxygens (including phenoxy) is 4. The summed E-state index contributed by atoms with van der Waals surface area (Å²) in [4.78, 5) is 36.5. The van der Waals surface area contributed by atoms with Gasteiger partial charge in [-0.3, -0.25) is 19.5 Å². The minimum absolute atomic E-state index is 0.00581. The van der Waals surface area contributed by atoms with Gasteiger partial charge < -0.3 is 18.9 Å². The Balaban J connectivity index is 1.79. The van der Waals surface area contributed by atoms with Crippen LogP contribution in [0.3, 0.4) is 0 Å². The topological polar surface area (TPSA) is 127 Å². The van der Waals surface area contributed by atoms with Gasteiger partial charge in [0.2, 0.25) is 17.7 Å². The first-order valence-electron chi connectivity index (χ1n) is 9.33. The van der Waals surface area contributed by atoms with Crippen LogP contribution >= 0.6 is 0 Å². The van der Waals surface area contributed by atoms with Crippen molar-refractivity contribution < 1.29 is 28.5 Å². The van der Waals surface area contributed by atoms with E-state index in [0.29, 0.717) is 11.2 Å². The molecule has 0 bridgehead atoms. The highest BCUT2D eigenvalue weighted by atomic mass is 16.7. The molecule has 11 nitrogen and oxygen atoms in total. The zero-order chi connectivity index (χ0) is 21.1. The summed E-state index contributed by atoms with van der Waals surface area (Å²) in [6.45, 7) is 7.25. The van der Waals surface area contributed by atoms with Crippen LogP contribution in [0.5, 0.6) is 5.88 Å². The summed E-state index contributed by atoms with van der Waals surface area (Å²) < 4.78 is 23.5. The molecule has 29 heavy (non-hydrogen) atoms. The number of rotatable bonds is 7. The van der Waals surface area contributed by atoms with E-state index in [2.05, 4.69) is 20.3 Å². The number of fused-ring (bicyclic) bond motifs is 1. The number of carbonyl (C=O) groups is 2. The SMILES string of the molecule is COc1nc(NC(=O)C(C)C)nc2c1ncn2[C@H]1CO[C@@H](COC(=O)C(C)C)O1. The Kier molecular flexibility index (Phi) is 6.28. The first-order valence-corrected chi connectivity index (χ1v) is 9.33. The molecule has 1 N–H and O–H groups in total. The van der Waals surface area contributed by atoms with E-state index in [9.17, 15) is 9.59 Å². The zero-order valence-electron chi connectivity index (χ0n) is 17.0. The van der Waals surface area contributed by atoms with Crippen molar-refractivity contribution in [3.05, 3.63) is 6.33 Å². The third kappa shape index (κ3) is 4.62. The number of anilines is 1. The molecule has 0 spiro atoms. The lowest BCUT2D eigenvalue weighted by Crippen LogP contribution is -2.22. The van der Waals surface area contributed by atoms with Gasteiger partial charge >= 0.3 is 5.97 Å². The molecule has 11 heteroatoms. The van der Waals surface area contributed by atoms with Crippen LogP contribution in [0, 0.1) is 11.8 Å². The summed E-state index contributed by atoms with van der Waals surface area (Å²) >= 11 is 0. The lowest BCUT2D eigenvalue weighted by atomic mass is 10.2. The lowest BCUT2D eigenvalue weighted by molar-refractivity contribution is -0.162. The van der Waals surface area contributed by atoms with Crippen LogP contribution < -0.4 is 10.1 Å². The smallest absolute Gasteiger partial charge is 0.308 e. The van der Waals surface area contributed by atoms with Crippen molar-refractivity contribution in [1.82, 2.24) is 19.5 Å². The van der Waals surface area contributed by atoms with Crippen LogP contribution in [0.4, 0.5) is 5.95 Å². The molecule has 2 atom stereocenters. The monoisotopic (exact) mass is 407 g/mol. The maximum Gasteiger partial charge on any atom is 0.308 e. The summed E-state index contributed by atoms with van der Waals surface area (Å²) in [6.07, 6.45) is 0.312. The van der Waals surface area contributed by atoms with Gasteiger partial charge in [0.1, 0.15) is 6.61 Å². The van der Waals surface area contributed by atoms with Gasteiger partial charge in [-0.1, -0.05) is 27.7 Å². The van der Waals surface area contributed by atoms with E-state index >= 15 is 0 Å². The van der Waals surface area contributed by atoms with Gasteiger partial charge in [-0.15, -0.1) is 0 Å². The minimum Gasteiger partial charge on any atom is -0.479 e. The maximum absolute atomic E-state index is 12.0. The van der Waals surface area contributed by atoms with Crippen LogP contribution in [0.1, 0.15) is 33.9 Å². The Morgan fingerprint density at radius 2 is 2.03 bits per heavy atom. The number of imidazole rings is 1. The second-order valence-electron chi connectivity index (χ2n) is 7.16. The van der Waals surface area contributed by atoms with Gasteiger partial charge in [0.25, 0.3) is 0 Å². The average molecular weight is 407 g/mol. The minimum atomic E-state index is -0.691. The molecule has 0 radical (unpaired) electrons. The molecule has 0 aromatic carbocycles. The van der Waals surface area contributed by atoms with Crippen LogP contribution in [0.15, 0.2) is 6.33 Å². The molecule has 158 valence electrons. The van der Waals surface area contributed by atoms with Crippen molar-refractivity contribution in [3.8, 4) is 5.88 Å². The number of methoxy groups -OCH3 is 1. The van der Waals surface area contributed by atoms with Crippen molar-refractivity contribution in [2.75, 3.05) is 25.6 Å². The van der Waals surface area contributed by atoms with E-state index in [1.165, 1.54) is 13.4 Å². The largest absolute Gasteiger partial charge is 0.479 e. The summed E-state index contributed by atoms with van der Waals surface area (Å²) in [5, 5.41) is 2.66. The van der Waals surface area contributed by atoms with Gasteiger partial charge in [0.05, 0.1) is 26.0 Å². The molecule has 3 heterocycles. The molecular formula is C18H25N5O6. The Morgan fingerprint density at radius 3 is 2.69 bits per heavy atom. The fourth-order valence-corrected chi connectivity index (χ4v) is 2.55. The Hall–Kier alpha value is -2.79. The fourth-order valence-electron chi connectivity index (χ4n) is 2.55. The highest BCUT2D eigenvalue weighted by Gasteiger charge is 2.31. The van der Waals surface area contributed by atoms with E-state index in [0.717, 1.165) is 0 Å². The van der Waals surface area contributed by atoms with Crippen molar-refractivity contribution >= 4 is 29.0 Å². The number of hydrogen-bond acceptors (Lipinski definition) is 9. The third-order valence-electron chi connectivity index (χ3n) is 4.22. The number of nitrogens with zero attached hydrogens (tertiary/aromatic N) is 4. The van der Waals surface area contributed by atoms with Gasteiger partial charge in [0.15, 0.2) is 23.7 Å². The van der Waals surface area contributed by atoms with Crippen LogP contribution in [0.2, 0.25) is 0 Å².